The van der Waals surface area contributed by atoms with Crippen molar-refractivity contribution >= 4 is 0 Å². The van der Waals surface area contributed by atoms with Crippen molar-refractivity contribution < 1.29 is 0 Å². The van der Waals surface area contributed by atoms with Crippen molar-refractivity contribution in [3.8, 4) is 0 Å². The molecule has 0 radical (unpaired) electrons. The summed E-state index contributed by atoms with van der Waals surface area (Å²) >= 11 is 0. The van der Waals surface area contributed by atoms with E-state index in [1.807, 2.05) is 12.4 Å². The Bertz CT molecular complexity index is 467. The molecule has 0 fully saturated rings. The summed E-state index contributed by atoms with van der Waals surface area (Å²) in [4.78, 5) is 4.07. The summed E-state index contributed by atoms with van der Waals surface area (Å²) in [5.74, 6) is 0. The van der Waals surface area contributed by atoms with Gasteiger partial charge < -0.3 is 5.32 Å². The molecule has 2 atom stereocenters. The topological polar surface area (TPSA) is 24.9 Å². The summed E-state index contributed by atoms with van der Waals surface area (Å²) in [5.41, 5.74) is 2.65. The first-order chi connectivity index (χ1) is 9.31. The fourth-order valence-corrected chi connectivity index (χ4v) is 2.37. The number of benzene rings is 1. The van der Waals surface area contributed by atoms with Crippen molar-refractivity contribution in [2.24, 2.45) is 0 Å². The molecule has 19 heavy (non-hydrogen) atoms. The van der Waals surface area contributed by atoms with E-state index in [2.05, 4.69) is 66.6 Å². The van der Waals surface area contributed by atoms with E-state index in [-0.39, 0.29) is 0 Å². The average molecular weight is 254 g/mol. The highest BCUT2D eigenvalue weighted by Crippen LogP contribution is 2.22. The summed E-state index contributed by atoms with van der Waals surface area (Å²) in [7, 11) is 0. The number of pyridine rings is 1. The minimum absolute atomic E-state index is 0.333. The lowest BCUT2D eigenvalue weighted by Crippen LogP contribution is -2.24. The molecule has 1 aromatic heterocycles. The first kappa shape index (κ1) is 13.8. The van der Waals surface area contributed by atoms with Gasteiger partial charge in [0.2, 0.25) is 0 Å². The van der Waals surface area contributed by atoms with Crippen molar-refractivity contribution in [2.45, 2.75) is 38.8 Å². The largest absolute Gasteiger partial charge is 0.303 e. The zero-order valence-electron chi connectivity index (χ0n) is 11.7. The predicted octanol–water partition coefficient (Wildman–Crippen LogP) is 4.27. The SMILES string of the molecule is CCCC(N[C@H](C)c1ccncc1)c1ccccc1. The zero-order valence-corrected chi connectivity index (χ0v) is 11.7. The minimum Gasteiger partial charge on any atom is -0.303 e. The van der Waals surface area contributed by atoms with Gasteiger partial charge in [-0.25, -0.2) is 0 Å². The molecule has 0 spiro atoms. The lowest BCUT2D eigenvalue weighted by molar-refractivity contribution is 0.439. The van der Waals surface area contributed by atoms with Crippen LogP contribution >= 0.6 is 0 Å². The molecule has 0 bridgehead atoms. The maximum Gasteiger partial charge on any atom is 0.0325 e. The second-order valence-electron chi connectivity index (χ2n) is 4.92. The molecule has 0 saturated carbocycles. The maximum absolute atomic E-state index is 4.07. The van der Waals surface area contributed by atoms with Crippen LogP contribution in [0.25, 0.3) is 0 Å². The van der Waals surface area contributed by atoms with Gasteiger partial charge in [-0.2, -0.15) is 0 Å². The molecular weight excluding hydrogens is 232 g/mol. The van der Waals surface area contributed by atoms with Gasteiger partial charge in [0.25, 0.3) is 0 Å². The van der Waals surface area contributed by atoms with E-state index in [0.29, 0.717) is 12.1 Å². The van der Waals surface area contributed by atoms with Crippen LogP contribution in [0.1, 0.15) is 49.9 Å². The third kappa shape index (κ3) is 3.90. The Balaban J connectivity index is 2.09. The van der Waals surface area contributed by atoms with Crippen molar-refractivity contribution in [1.82, 2.24) is 10.3 Å². The number of hydrogen-bond donors (Lipinski definition) is 1. The van der Waals surface area contributed by atoms with Gasteiger partial charge in [-0.1, -0.05) is 43.7 Å². The molecular formula is C17H22N2. The summed E-state index contributed by atoms with van der Waals surface area (Å²) in [5, 5.41) is 3.72. The van der Waals surface area contributed by atoms with E-state index < -0.39 is 0 Å². The van der Waals surface area contributed by atoms with Gasteiger partial charge in [0.15, 0.2) is 0 Å². The van der Waals surface area contributed by atoms with Crippen molar-refractivity contribution in [3.63, 3.8) is 0 Å². The highest BCUT2D eigenvalue weighted by Gasteiger charge is 2.14. The molecule has 2 rings (SSSR count). The van der Waals surface area contributed by atoms with Gasteiger partial charge in [-0.15, -0.1) is 0 Å². The molecule has 1 N–H and O–H groups in total. The minimum atomic E-state index is 0.333. The molecule has 0 aliphatic rings. The van der Waals surface area contributed by atoms with E-state index in [0.717, 1.165) is 6.42 Å². The van der Waals surface area contributed by atoms with Crippen LogP contribution in [0.4, 0.5) is 0 Å². The second-order valence-corrected chi connectivity index (χ2v) is 4.92. The van der Waals surface area contributed by atoms with Crippen molar-refractivity contribution in [3.05, 3.63) is 66.0 Å². The van der Waals surface area contributed by atoms with Gasteiger partial charge in [0.05, 0.1) is 0 Å². The van der Waals surface area contributed by atoms with E-state index in [1.165, 1.54) is 17.5 Å². The van der Waals surface area contributed by atoms with E-state index in [4.69, 9.17) is 0 Å². The summed E-state index contributed by atoms with van der Waals surface area (Å²) in [6.07, 6.45) is 6.03. The van der Waals surface area contributed by atoms with Gasteiger partial charge >= 0.3 is 0 Å². The van der Waals surface area contributed by atoms with Crippen LogP contribution in [0.3, 0.4) is 0 Å². The predicted molar refractivity (Wildman–Crippen MR) is 79.9 cm³/mol. The van der Waals surface area contributed by atoms with Crippen LogP contribution in [0, 0.1) is 0 Å². The smallest absolute Gasteiger partial charge is 0.0325 e. The Morgan fingerprint density at radius 1 is 1.00 bits per heavy atom. The fraction of sp³-hybridized carbons (Fsp3) is 0.353. The van der Waals surface area contributed by atoms with E-state index >= 15 is 0 Å². The standard InChI is InChI=1S/C17H22N2/c1-3-7-17(16-8-5-4-6-9-16)19-14(2)15-10-12-18-13-11-15/h4-6,8-14,17,19H,3,7H2,1-2H3/t14-,17?/m1/s1. The Kier molecular flexibility index (Phi) is 5.10. The van der Waals surface area contributed by atoms with Crippen LogP contribution in [0.5, 0.6) is 0 Å². The Morgan fingerprint density at radius 3 is 2.32 bits per heavy atom. The summed E-state index contributed by atoms with van der Waals surface area (Å²) in [6.45, 7) is 4.44. The Labute approximate surface area is 115 Å². The highest BCUT2D eigenvalue weighted by atomic mass is 14.9. The maximum atomic E-state index is 4.07. The van der Waals surface area contributed by atoms with Crippen LogP contribution in [-0.4, -0.2) is 4.98 Å². The lowest BCUT2D eigenvalue weighted by Gasteiger charge is -2.23. The van der Waals surface area contributed by atoms with Gasteiger partial charge in [-0.3, -0.25) is 4.98 Å². The molecule has 0 aliphatic carbocycles. The molecule has 0 amide bonds. The summed E-state index contributed by atoms with van der Waals surface area (Å²) < 4.78 is 0. The van der Waals surface area contributed by atoms with Gasteiger partial charge in [0, 0.05) is 24.5 Å². The molecule has 1 unspecified atom stereocenters. The van der Waals surface area contributed by atoms with Gasteiger partial charge in [-0.05, 0) is 36.6 Å². The third-order valence-corrected chi connectivity index (χ3v) is 3.44. The molecule has 100 valence electrons. The Morgan fingerprint density at radius 2 is 1.68 bits per heavy atom. The number of hydrogen-bond acceptors (Lipinski definition) is 2. The zero-order chi connectivity index (χ0) is 13.5. The van der Waals surface area contributed by atoms with Crippen molar-refractivity contribution in [2.75, 3.05) is 0 Å². The van der Waals surface area contributed by atoms with Crippen LogP contribution in [0.15, 0.2) is 54.9 Å². The Hall–Kier alpha value is -1.67. The van der Waals surface area contributed by atoms with Crippen LogP contribution in [0.2, 0.25) is 0 Å². The number of rotatable bonds is 6. The molecule has 1 aromatic carbocycles. The number of aromatic nitrogens is 1. The highest BCUT2D eigenvalue weighted by molar-refractivity contribution is 5.20. The fourth-order valence-electron chi connectivity index (χ4n) is 2.37. The van der Waals surface area contributed by atoms with Crippen molar-refractivity contribution in [1.29, 1.82) is 0 Å². The molecule has 2 nitrogen and oxygen atoms in total. The van der Waals surface area contributed by atoms with E-state index in [1.54, 1.807) is 0 Å². The summed E-state index contributed by atoms with van der Waals surface area (Å²) in [6, 6.07) is 15.6. The number of nitrogens with one attached hydrogen (secondary N) is 1. The van der Waals surface area contributed by atoms with Gasteiger partial charge in [0.1, 0.15) is 0 Å². The third-order valence-electron chi connectivity index (χ3n) is 3.44. The molecule has 1 heterocycles. The monoisotopic (exact) mass is 254 g/mol. The average Bonchev–Trinajstić information content (AvgIpc) is 2.48. The first-order valence-electron chi connectivity index (χ1n) is 7.02. The molecule has 0 aliphatic heterocycles. The lowest BCUT2D eigenvalue weighted by atomic mass is 10.00. The quantitative estimate of drug-likeness (QED) is 0.832. The van der Waals surface area contributed by atoms with Crippen LogP contribution < -0.4 is 5.32 Å². The number of nitrogens with zero attached hydrogens (tertiary/aromatic N) is 1. The normalized spacial score (nSPS) is 14.0. The molecule has 2 heteroatoms. The first-order valence-corrected chi connectivity index (χ1v) is 7.02. The molecule has 2 aromatic rings. The molecule has 0 saturated heterocycles. The second kappa shape index (κ2) is 7.05. The van der Waals surface area contributed by atoms with E-state index in [9.17, 15) is 0 Å². The van der Waals surface area contributed by atoms with Crippen LogP contribution in [-0.2, 0) is 0 Å².